The normalized spacial score (nSPS) is 22.3. The lowest BCUT2D eigenvalue weighted by Crippen LogP contribution is -2.32. The molecule has 29 heavy (non-hydrogen) atoms. The van der Waals surface area contributed by atoms with Gasteiger partial charge in [0, 0.05) is 25.1 Å². The Labute approximate surface area is 174 Å². The summed E-state index contributed by atoms with van der Waals surface area (Å²) >= 11 is 0. The Morgan fingerprint density at radius 1 is 1.07 bits per heavy atom. The SMILES string of the molecule is CCOc1cc(CN[C@@H]2CCC[C@H]2Cc2cc(C)no2)ccc1OC1CCCC1. The number of aryl methyl sites for hydroxylation is 1. The van der Waals surface area contributed by atoms with Crippen LogP contribution in [0.5, 0.6) is 11.5 Å². The van der Waals surface area contributed by atoms with Gasteiger partial charge in [0.05, 0.1) is 18.4 Å². The molecule has 0 aliphatic heterocycles. The molecule has 1 aromatic carbocycles. The number of aromatic nitrogens is 1. The highest BCUT2D eigenvalue weighted by molar-refractivity contribution is 5.43. The van der Waals surface area contributed by atoms with Crippen molar-refractivity contribution < 1.29 is 14.0 Å². The Bertz CT molecular complexity index is 782. The van der Waals surface area contributed by atoms with E-state index >= 15 is 0 Å². The van der Waals surface area contributed by atoms with Gasteiger partial charge < -0.3 is 19.3 Å². The monoisotopic (exact) mass is 398 g/mol. The van der Waals surface area contributed by atoms with Gasteiger partial charge in [-0.05, 0) is 76.0 Å². The first-order valence-corrected chi connectivity index (χ1v) is 11.3. The first kappa shape index (κ1) is 20.3. The minimum absolute atomic E-state index is 0.345. The van der Waals surface area contributed by atoms with Crippen molar-refractivity contribution in [3.8, 4) is 11.5 Å². The van der Waals surface area contributed by atoms with E-state index in [0.717, 1.165) is 48.8 Å². The van der Waals surface area contributed by atoms with Gasteiger partial charge in [-0.3, -0.25) is 0 Å². The highest BCUT2D eigenvalue weighted by atomic mass is 16.5. The third-order valence-electron chi connectivity index (χ3n) is 6.27. The summed E-state index contributed by atoms with van der Waals surface area (Å²) in [6, 6.07) is 8.98. The molecule has 0 saturated heterocycles. The summed E-state index contributed by atoms with van der Waals surface area (Å²) in [5.41, 5.74) is 2.21. The maximum Gasteiger partial charge on any atom is 0.161 e. The molecule has 1 heterocycles. The first-order chi connectivity index (χ1) is 14.2. The Kier molecular flexibility index (Phi) is 6.75. The molecule has 1 N–H and O–H groups in total. The Morgan fingerprint density at radius 2 is 1.93 bits per heavy atom. The molecule has 2 fully saturated rings. The van der Waals surface area contributed by atoms with Gasteiger partial charge in [-0.15, -0.1) is 0 Å². The summed E-state index contributed by atoms with van der Waals surface area (Å²) in [4.78, 5) is 0. The number of nitrogens with one attached hydrogen (secondary N) is 1. The molecule has 0 spiro atoms. The van der Waals surface area contributed by atoms with Gasteiger partial charge in [0.2, 0.25) is 0 Å². The molecule has 2 aromatic rings. The Hall–Kier alpha value is -2.01. The molecule has 0 bridgehead atoms. The second-order valence-electron chi connectivity index (χ2n) is 8.56. The average Bonchev–Trinajstić information content (AvgIpc) is 3.46. The van der Waals surface area contributed by atoms with E-state index in [1.54, 1.807) is 0 Å². The molecule has 5 nitrogen and oxygen atoms in total. The molecule has 1 aromatic heterocycles. The van der Waals surface area contributed by atoms with E-state index in [9.17, 15) is 0 Å². The van der Waals surface area contributed by atoms with Crippen LogP contribution in [-0.2, 0) is 13.0 Å². The third-order valence-corrected chi connectivity index (χ3v) is 6.27. The lowest BCUT2D eigenvalue weighted by Gasteiger charge is -2.21. The molecule has 5 heteroatoms. The van der Waals surface area contributed by atoms with E-state index in [4.69, 9.17) is 14.0 Å². The van der Waals surface area contributed by atoms with Crippen molar-refractivity contribution in [1.82, 2.24) is 10.5 Å². The summed E-state index contributed by atoms with van der Waals surface area (Å²) in [7, 11) is 0. The van der Waals surface area contributed by atoms with Crippen LogP contribution in [0.2, 0.25) is 0 Å². The Morgan fingerprint density at radius 3 is 2.69 bits per heavy atom. The number of hydrogen-bond acceptors (Lipinski definition) is 5. The van der Waals surface area contributed by atoms with Crippen molar-refractivity contribution in [3.63, 3.8) is 0 Å². The van der Waals surface area contributed by atoms with Gasteiger partial charge in [-0.2, -0.15) is 0 Å². The molecular formula is C24H34N2O3. The van der Waals surface area contributed by atoms with Crippen molar-refractivity contribution >= 4 is 0 Å². The van der Waals surface area contributed by atoms with Gasteiger partial charge in [-0.1, -0.05) is 17.6 Å². The van der Waals surface area contributed by atoms with Gasteiger partial charge in [0.15, 0.2) is 11.5 Å². The third kappa shape index (κ3) is 5.33. The second-order valence-corrected chi connectivity index (χ2v) is 8.56. The predicted molar refractivity (Wildman–Crippen MR) is 113 cm³/mol. The largest absolute Gasteiger partial charge is 0.490 e. The number of nitrogens with zero attached hydrogens (tertiary/aromatic N) is 1. The van der Waals surface area contributed by atoms with E-state index < -0.39 is 0 Å². The smallest absolute Gasteiger partial charge is 0.161 e. The molecule has 158 valence electrons. The zero-order chi connectivity index (χ0) is 20.1. The molecule has 0 radical (unpaired) electrons. The van der Waals surface area contributed by atoms with Crippen LogP contribution in [-0.4, -0.2) is 23.9 Å². The fourth-order valence-electron chi connectivity index (χ4n) is 4.78. The fraction of sp³-hybridized carbons (Fsp3) is 0.625. The molecule has 0 unspecified atom stereocenters. The highest BCUT2D eigenvalue weighted by Crippen LogP contribution is 2.33. The van der Waals surface area contributed by atoms with E-state index in [-0.39, 0.29) is 0 Å². The fourth-order valence-corrected chi connectivity index (χ4v) is 4.78. The minimum Gasteiger partial charge on any atom is -0.490 e. The van der Waals surface area contributed by atoms with Crippen LogP contribution in [0.15, 0.2) is 28.8 Å². The minimum atomic E-state index is 0.345. The van der Waals surface area contributed by atoms with Crippen LogP contribution in [0.1, 0.15) is 68.9 Å². The summed E-state index contributed by atoms with van der Waals surface area (Å²) in [6.07, 6.45) is 9.90. The highest BCUT2D eigenvalue weighted by Gasteiger charge is 2.28. The molecule has 2 aliphatic rings. The van der Waals surface area contributed by atoms with E-state index in [1.165, 1.54) is 37.7 Å². The molecule has 2 aliphatic carbocycles. The van der Waals surface area contributed by atoms with E-state index in [0.29, 0.717) is 24.7 Å². The molecule has 0 amide bonds. The van der Waals surface area contributed by atoms with Crippen LogP contribution in [0, 0.1) is 12.8 Å². The van der Waals surface area contributed by atoms with Gasteiger partial charge >= 0.3 is 0 Å². The van der Waals surface area contributed by atoms with Crippen molar-refractivity contribution in [3.05, 3.63) is 41.3 Å². The zero-order valence-corrected chi connectivity index (χ0v) is 17.8. The summed E-state index contributed by atoms with van der Waals surface area (Å²) in [5, 5.41) is 7.81. The zero-order valence-electron chi connectivity index (χ0n) is 17.8. The second kappa shape index (κ2) is 9.66. The number of hydrogen-bond donors (Lipinski definition) is 1. The van der Waals surface area contributed by atoms with Crippen molar-refractivity contribution in [2.45, 2.75) is 83.9 Å². The summed E-state index contributed by atoms with van der Waals surface area (Å²) in [6.45, 7) is 5.51. The quantitative estimate of drug-likeness (QED) is 0.629. The van der Waals surface area contributed by atoms with Gasteiger partial charge in [0.25, 0.3) is 0 Å². The standard InChI is InChI=1S/C24H34N2O3/c1-3-27-24-14-18(11-12-23(24)28-20-8-4-5-9-20)16-25-22-10-6-7-19(22)15-21-13-17(2)26-29-21/h11-14,19-20,22,25H,3-10,15-16H2,1-2H3/t19-,22+/m0/s1. The maximum atomic E-state index is 6.22. The van der Waals surface area contributed by atoms with Crippen LogP contribution >= 0.6 is 0 Å². The average molecular weight is 399 g/mol. The van der Waals surface area contributed by atoms with Crippen LogP contribution in [0.4, 0.5) is 0 Å². The van der Waals surface area contributed by atoms with Crippen molar-refractivity contribution in [2.24, 2.45) is 5.92 Å². The van der Waals surface area contributed by atoms with Crippen molar-refractivity contribution in [1.29, 1.82) is 0 Å². The van der Waals surface area contributed by atoms with Gasteiger partial charge in [0.1, 0.15) is 5.76 Å². The lowest BCUT2D eigenvalue weighted by atomic mass is 9.97. The van der Waals surface area contributed by atoms with Gasteiger partial charge in [-0.25, -0.2) is 0 Å². The topological polar surface area (TPSA) is 56.5 Å². The molecule has 2 saturated carbocycles. The van der Waals surface area contributed by atoms with E-state index in [1.807, 2.05) is 13.8 Å². The maximum absolute atomic E-state index is 6.22. The predicted octanol–water partition coefficient (Wildman–Crippen LogP) is 5.20. The van der Waals surface area contributed by atoms with Crippen LogP contribution in [0.3, 0.4) is 0 Å². The number of benzene rings is 1. The lowest BCUT2D eigenvalue weighted by molar-refractivity contribution is 0.196. The molecular weight excluding hydrogens is 364 g/mol. The summed E-state index contributed by atoms with van der Waals surface area (Å²) < 4.78 is 17.5. The number of ether oxygens (including phenoxy) is 2. The number of rotatable bonds is 9. The molecule has 2 atom stereocenters. The Balaban J connectivity index is 1.36. The van der Waals surface area contributed by atoms with Crippen molar-refractivity contribution in [2.75, 3.05) is 6.61 Å². The van der Waals surface area contributed by atoms with Crippen LogP contribution < -0.4 is 14.8 Å². The first-order valence-electron chi connectivity index (χ1n) is 11.3. The van der Waals surface area contributed by atoms with Crippen LogP contribution in [0.25, 0.3) is 0 Å². The molecule has 4 rings (SSSR count). The van der Waals surface area contributed by atoms with E-state index in [2.05, 4.69) is 34.7 Å². The summed E-state index contributed by atoms with van der Waals surface area (Å²) in [5.74, 6) is 3.38.